The summed E-state index contributed by atoms with van der Waals surface area (Å²) in [6, 6.07) is 7.06. The number of nitrogens with zero attached hydrogens (tertiary/aromatic N) is 3. The number of sulfonamides is 1. The van der Waals surface area contributed by atoms with Crippen LogP contribution in [0.4, 0.5) is 8.78 Å². The lowest BCUT2D eigenvalue weighted by atomic mass is 10.1. The van der Waals surface area contributed by atoms with Gasteiger partial charge in [-0.15, -0.1) is 0 Å². The number of hydrogen-bond donors (Lipinski definition) is 0. The Morgan fingerprint density at radius 2 is 1.89 bits per heavy atom. The maximum Gasteiger partial charge on any atom is 0.325 e. The van der Waals surface area contributed by atoms with Crippen LogP contribution in [0.1, 0.15) is 36.5 Å². The van der Waals surface area contributed by atoms with Gasteiger partial charge >= 0.3 is 5.97 Å². The number of fused-ring (bicyclic) bond motifs is 1. The quantitative estimate of drug-likeness (QED) is 0.477. The van der Waals surface area contributed by atoms with E-state index in [0.717, 1.165) is 48.3 Å². The molecule has 186 valence electrons. The van der Waals surface area contributed by atoms with Gasteiger partial charge in [-0.3, -0.25) is 9.59 Å². The SMILES string of the molecule is COC(=O)Cn1c(=NC(=O)c2ccc(S(=O)(=O)N3CCCCC3C)cc2)sc2cc(F)cc(F)c21. The lowest BCUT2D eigenvalue weighted by molar-refractivity contribution is -0.141. The number of thiazole rings is 1. The van der Waals surface area contributed by atoms with Crippen LogP contribution in [0.15, 0.2) is 46.3 Å². The number of halogens is 2. The van der Waals surface area contributed by atoms with Gasteiger partial charge < -0.3 is 9.30 Å². The molecular formula is C23H23F2N3O5S2. The molecule has 8 nitrogen and oxygen atoms in total. The predicted octanol–water partition coefficient (Wildman–Crippen LogP) is 3.46. The summed E-state index contributed by atoms with van der Waals surface area (Å²) in [6.07, 6.45) is 2.57. The zero-order valence-electron chi connectivity index (χ0n) is 19.0. The van der Waals surface area contributed by atoms with Crippen LogP contribution in [-0.4, -0.2) is 48.9 Å². The molecule has 1 saturated heterocycles. The van der Waals surface area contributed by atoms with E-state index in [9.17, 15) is 26.8 Å². The van der Waals surface area contributed by atoms with Gasteiger partial charge in [0.25, 0.3) is 5.91 Å². The Bertz CT molecular complexity index is 1460. The van der Waals surface area contributed by atoms with E-state index < -0.39 is 40.1 Å². The molecule has 0 radical (unpaired) electrons. The largest absolute Gasteiger partial charge is 0.468 e. The number of piperidine rings is 1. The van der Waals surface area contributed by atoms with Gasteiger partial charge in [0, 0.05) is 24.2 Å². The Morgan fingerprint density at radius 3 is 2.54 bits per heavy atom. The second-order valence-corrected chi connectivity index (χ2v) is 11.1. The van der Waals surface area contributed by atoms with Crippen LogP contribution >= 0.6 is 11.3 Å². The average molecular weight is 524 g/mol. The fourth-order valence-corrected chi connectivity index (χ4v) is 6.81. The molecule has 0 spiro atoms. The zero-order chi connectivity index (χ0) is 25.3. The molecule has 1 fully saturated rings. The molecule has 0 bridgehead atoms. The third-order valence-electron chi connectivity index (χ3n) is 5.86. The Morgan fingerprint density at radius 1 is 1.17 bits per heavy atom. The number of benzene rings is 2. The maximum atomic E-state index is 14.5. The third kappa shape index (κ3) is 5.04. The summed E-state index contributed by atoms with van der Waals surface area (Å²) in [6.45, 7) is 1.88. The van der Waals surface area contributed by atoms with Crippen LogP contribution in [0.3, 0.4) is 0 Å². The normalized spacial score (nSPS) is 17.6. The summed E-state index contributed by atoms with van der Waals surface area (Å²) < 4.78 is 61.6. The molecule has 35 heavy (non-hydrogen) atoms. The minimum absolute atomic E-state index is 0.0289. The fourth-order valence-electron chi connectivity index (χ4n) is 4.04. The fraction of sp³-hybridized carbons (Fsp3) is 0.348. The molecule has 0 aliphatic carbocycles. The molecule has 4 rings (SSSR count). The van der Waals surface area contributed by atoms with Crippen LogP contribution in [0, 0.1) is 11.6 Å². The summed E-state index contributed by atoms with van der Waals surface area (Å²) in [5.74, 6) is -3.15. The second kappa shape index (κ2) is 9.96. The van der Waals surface area contributed by atoms with Crippen molar-refractivity contribution in [2.75, 3.05) is 13.7 Å². The van der Waals surface area contributed by atoms with Crippen LogP contribution in [-0.2, 0) is 26.1 Å². The van der Waals surface area contributed by atoms with E-state index in [1.807, 2.05) is 6.92 Å². The number of ether oxygens (including phenoxy) is 1. The van der Waals surface area contributed by atoms with E-state index in [-0.39, 0.29) is 31.5 Å². The number of carbonyl (C=O) groups is 2. The number of carbonyl (C=O) groups excluding carboxylic acids is 2. The highest BCUT2D eigenvalue weighted by Crippen LogP contribution is 2.26. The first-order chi connectivity index (χ1) is 16.6. The molecule has 1 unspecified atom stereocenters. The van der Waals surface area contributed by atoms with E-state index in [1.165, 1.54) is 28.6 Å². The summed E-state index contributed by atoms with van der Waals surface area (Å²) in [5, 5.41) is 0. The summed E-state index contributed by atoms with van der Waals surface area (Å²) in [4.78, 5) is 28.8. The van der Waals surface area contributed by atoms with Crippen molar-refractivity contribution in [1.82, 2.24) is 8.87 Å². The van der Waals surface area contributed by atoms with Crippen molar-refractivity contribution in [1.29, 1.82) is 0 Å². The van der Waals surface area contributed by atoms with Crippen molar-refractivity contribution in [2.45, 2.75) is 43.7 Å². The van der Waals surface area contributed by atoms with Crippen molar-refractivity contribution < 1.29 is 31.5 Å². The number of amides is 1. The van der Waals surface area contributed by atoms with Crippen molar-refractivity contribution in [3.8, 4) is 0 Å². The average Bonchev–Trinajstić information content (AvgIpc) is 3.15. The first-order valence-electron chi connectivity index (χ1n) is 10.9. The van der Waals surface area contributed by atoms with E-state index in [2.05, 4.69) is 9.73 Å². The zero-order valence-corrected chi connectivity index (χ0v) is 20.7. The summed E-state index contributed by atoms with van der Waals surface area (Å²) in [5.41, 5.74) is 0.0230. The first-order valence-corrected chi connectivity index (χ1v) is 13.1. The van der Waals surface area contributed by atoms with Gasteiger partial charge in [0.05, 0.1) is 22.2 Å². The van der Waals surface area contributed by atoms with Crippen LogP contribution < -0.4 is 4.80 Å². The van der Waals surface area contributed by atoms with E-state index in [4.69, 9.17) is 0 Å². The monoisotopic (exact) mass is 523 g/mol. The first kappa shape index (κ1) is 25.1. The summed E-state index contributed by atoms with van der Waals surface area (Å²) in [7, 11) is -2.54. The molecule has 12 heteroatoms. The van der Waals surface area contributed by atoms with Gasteiger partial charge in [0.15, 0.2) is 10.6 Å². The number of aromatic nitrogens is 1. The summed E-state index contributed by atoms with van der Waals surface area (Å²) >= 11 is 0.839. The lowest BCUT2D eigenvalue weighted by Crippen LogP contribution is -2.41. The molecule has 1 aliphatic heterocycles. The number of esters is 1. The molecule has 1 aromatic heterocycles. The maximum absolute atomic E-state index is 14.5. The van der Waals surface area contributed by atoms with E-state index in [1.54, 1.807) is 0 Å². The Labute approximate surface area is 204 Å². The van der Waals surface area contributed by atoms with Crippen LogP contribution in [0.5, 0.6) is 0 Å². The smallest absolute Gasteiger partial charge is 0.325 e. The molecule has 2 heterocycles. The highest BCUT2D eigenvalue weighted by molar-refractivity contribution is 7.89. The topological polar surface area (TPSA) is 98.0 Å². The van der Waals surface area contributed by atoms with Crippen LogP contribution in [0.25, 0.3) is 10.2 Å². The standard InChI is InChI=1S/C23H23F2N3O5S2/c1-14-5-3-4-10-28(14)35(31,32)17-8-6-15(7-9-17)22(30)26-23-27(13-20(29)33-2)21-18(25)11-16(24)12-19(21)34-23/h6-9,11-12,14H,3-5,10,13H2,1-2H3. The Balaban J connectivity index is 1.70. The van der Waals surface area contributed by atoms with E-state index in [0.29, 0.717) is 12.6 Å². The van der Waals surface area contributed by atoms with Gasteiger partial charge in [-0.2, -0.15) is 9.30 Å². The van der Waals surface area contributed by atoms with Crippen LogP contribution in [0.2, 0.25) is 0 Å². The van der Waals surface area contributed by atoms with Gasteiger partial charge in [-0.1, -0.05) is 17.8 Å². The van der Waals surface area contributed by atoms with Gasteiger partial charge in [-0.25, -0.2) is 17.2 Å². The molecule has 1 atom stereocenters. The molecule has 3 aromatic rings. The predicted molar refractivity (Wildman–Crippen MR) is 125 cm³/mol. The number of hydrogen-bond acceptors (Lipinski definition) is 6. The molecule has 0 saturated carbocycles. The molecule has 0 N–H and O–H groups in total. The van der Waals surface area contributed by atoms with Crippen molar-refractivity contribution in [2.24, 2.45) is 4.99 Å². The lowest BCUT2D eigenvalue weighted by Gasteiger charge is -2.32. The van der Waals surface area contributed by atoms with Crippen molar-refractivity contribution in [3.05, 3.63) is 58.4 Å². The Hall–Kier alpha value is -2.96. The molecule has 1 aliphatic rings. The molecular weight excluding hydrogens is 500 g/mol. The molecule has 1 amide bonds. The van der Waals surface area contributed by atoms with Gasteiger partial charge in [0.1, 0.15) is 12.4 Å². The number of methoxy groups -OCH3 is 1. The third-order valence-corrected chi connectivity index (χ3v) is 8.91. The number of rotatable bonds is 5. The van der Waals surface area contributed by atoms with Gasteiger partial charge in [-0.05, 0) is 50.1 Å². The highest BCUT2D eigenvalue weighted by Gasteiger charge is 2.31. The van der Waals surface area contributed by atoms with Gasteiger partial charge in [0.2, 0.25) is 10.0 Å². The highest BCUT2D eigenvalue weighted by atomic mass is 32.2. The van der Waals surface area contributed by atoms with E-state index >= 15 is 0 Å². The van der Waals surface area contributed by atoms with Crippen molar-refractivity contribution in [3.63, 3.8) is 0 Å². The van der Waals surface area contributed by atoms with Crippen molar-refractivity contribution >= 4 is 43.5 Å². The molecule has 2 aromatic carbocycles. The second-order valence-electron chi connectivity index (χ2n) is 8.18. The minimum atomic E-state index is -3.70. The minimum Gasteiger partial charge on any atom is -0.468 e. The Kier molecular flexibility index (Phi) is 7.15.